The number of aliphatic hydroxyl groups excluding tert-OH is 1. The molecule has 0 unspecified atom stereocenters. The maximum Gasteiger partial charge on any atom is 0.416 e. The number of hydrogen-bond donors (Lipinski definition) is 1. The lowest BCUT2D eigenvalue weighted by atomic mass is 10.1. The van der Waals surface area contributed by atoms with Crippen molar-refractivity contribution in [3.63, 3.8) is 0 Å². The van der Waals surface area contributed by atoms with Crippen LogP contribution in [-0.4, -0.2) is 10.1 Å². The number of hydrogen-bond acceptors (Lipinski definition) is 3. The maximum absolute atomic E-state index is 12.4. The van der Waals surface area contributed by atoms with E-state index in [-0.39, 0.29) is 6.61 Å². The largest absolute Gasteiger partial charge is 0.416 e. The van der Waals surface area contributed by atoms with Gasteiger partial charge in [0.25, 0.3) is 0 Å². The van der Waals surface area contributed by atoms with Crippen molar-refractivity contribution in [1.82, 2.24) is 4.98 Å². The molecule has 0 fully saturated rings. The Morgan fingerprint density at radius 3 is 2.10 bits per heavy atom. The van der Waals surface area contributed by atoms with Crippen molar-refractivity contribution in [3.05, 3.63) is 40.4 Å². The van der Waals surface area contributed by atoms with Crippen molar-refractivity contribution in [2.24, 2.45) is 0 Å². The smallest absolute Gasteiger partial charge is 0.391 e. The van der Waals surface area contributed by atoms with E-state index in [9.17, 15) is 13.2 Å². The molecule has 0 amide bonds. The minimum atomic E-state index is -4.33. The van der Waals surface area contributed by atoms with E-state index < -0.39 is 11.7 Å². The molecule has 0 spiro atoms. The Morgan fingerprint density at radius 2 is 1.70 bits per heavy atom. The molecular weight excluding hydrogens is 287 g/mol. The molecular formula is C14H16F3NOS. The van der Waals surface area contributed by atoms with E-state index in [0.29, 0.717) is 16.3 Å². The highest BCUT2D eigenvalue weighted by molar-refractivity contribution is 7.15. The molecule has 1 N–H and O–H groups in total. The molecule has 1 heterocycles. The molecule has 0 aliphatic rings. The molecule has 0 radical (unpaired) electrons. The first-order valence-corrected chi connectivity index (χ1v) is 6.98. The SMILES string of the molecule is CC.Cc1nc(-c2ccc(C(F)(F)F)cc2)sc1CO. The summed E-state index contributed by atoms with van der Waals surface area (Å²) in [7, 11) is 0. The molecule has 0 aliphatic carbocycles. The van der Waals surface area contributed by atoms with Gasteiger partial charge in [-0.3, -0.25) is 0 Å². The van der Waals surface area contributed by atoms with Gasteiger partial charge in [0.15, 0.2) is 0 Å². The summed E-state index contributed by atoms with van der Waals surface area (Å²) < 4.78 is 37.2. The Labute approximate surface area is 119 Å². The van der Waals surface area contributed by atoms with Gasteiger partial charge in [-0.05, 0) is 19.1 Å². The van der Waals surface area contributed by atoms with Gasteiger partial charge in [0, 0.05) is 5.56 Å². The van der Waals surface area contributed by atoms with E-state index in [1.165, 1.54) is 23.5 Å². The zero-order valence-electron chi connectivity index (χ0n) is 11.5. The van der Waals surface area contributed by atoms with Crippen LogP contribution in [0.25, 0.3) is 10.6 Å². The Balaban J connectivity index is 0.000000956. The number of alkyl halides is 3. The molecule has 0 saturated heterocycles. The average molecular weight is 303 g/mol. The second kappa shape index (κ2) is 6.85. The second-order valence-corrected chi connectivity index (χ2v) is 4.84. The van der Waals surface area contributed by atoms with Crippen LogP contribution in [0.4, 0.5) is 13.2 Å². The second-order valence-electron chi connectivity index (χ2n) is 3.76. The highest BCUT2D eigenvalue weighted by atomic mass is 32.1. The quantitative estimate of drug-likeness (QED) is 0.875. The molecule has 2 rings (SSSR count). The lowest BCUT2D eigenvalue weighted by Gasteiger charge is -2.06. The fraction of sp³-hybridized carbons (Fsp3) is 0.357. The van der Waals surface area contributed by atoms with E-state index in [1.54, 1.807) is 6.92 Å². The lowest BCUT2D eigenvalue weighted by molar-refractivity contribution is -0.137. The van der Waals surface area contributed by atoms with Crippen LogP contribution in [0.5, 0.6) is 0 Å². The summed E-state index contributed by atoms with van der Waals surface area (Å²) in [6.45, 7) is 5.65. The third-order valence-corrected chi connectivity index (χ3v) is 3.69. The maximum atomic E-state index is 12.4. The molecule has 0 atom stereocenters. The van der Waals surface area contributed by atoms with Gasteiger partial charge in [0.1, 0.15) is 5.01 Å². The van der Waals surface area contributed by atoms with Crippen LogP contribution < -0.4 is 0 Å². The topological polar surface area (TPSA) is 33.1 Å². The average Bonchev–Trinajstić information content (AvgIpc) is 2.81. The number of benzene rings is 1. The Bertz CT molecular complexity index is 547. The first-order chi connectivity index (χ1) is 9.41. The molecule has 0 aliphatic heterocycles. The number of aryl methyl sites for hydroxylation is 1. The third kappa shape index (κ3) is 3.80. The van der Waals surface area contributed by atoms with Crippen LogP contribution in [-0.2, 0) is 12.8 Å². The summed E-state index contributed by atoms with van der Waals surface area (Å²) in [5.74, 6) is 0. The van der Waals surface area contributed by atoms with Crippen LogP contribution in [0.3, 0.4) is 0 Å². The van der Waals surface area contributed by atoms with E-state index in [0.717, 1.165) is 17.0 Å². The Hall–Kier alpha value is -1.40. The van der Waals surface area contributed by atoms with Crippen LogP contribution >= 0.6 is 11.3 Å². The highest BCUT2D eigenvalue weighted by Crippen LogP contribution is 2.32. The van der Waals surface area contributed by atoms with E-state index in [4.69, 9.17) is 5.11 Å². The Morgan fingerprint density at radius 1 is 1.15 bits per heavy atom. The first kappa shape index (κ1) is 16.7. The van der Waals surface area contributed by atoms with E-state index >= 15 is 0 Å². The molecule has 110 valence electrons. The Kier molecular flexibility index (Phi) is 5.71. The fourth-order valence-corrected chi connectivity index (χ4v) is 2.43. The van der Waals surface area contributed by atoms with Crippen molar-refractivity contribution in [1.29, 1.82) is 0 Å². The molecule has 2 nitrogen and oxygen atoms in total. The summed E-state index contributed by atoms with van der Waals surface area (Å²) in [4.78, 5) is 4.95. The van der Waals surface area contributed by atoms with Gasteiger partial charge in [-0.15, -0.1) is 11.3 Å². The zero-order valence-corrected chi connectivity index (χ0v) is 12.3. The third-order valence-electron chi connectivity index (χ3n) is 2.50. The van der Waals surface area contributed by atoms with Crippen molar-refractivity contribution < 1.29 is 18.3 Å². The molecule has 0 saturated carbocycles. The highest BCUT2D eigenvalue weighted by Gasteiger charge is 2.30. The number of thiazole rings is 1. The summed E-state index contributed by atoms with van der Waals surface area (Å²) in [6, 6.07) is 4.85. The fourth-order valence-electron chi connectivity index (χ4n) is 1.50. The van der Waals surface area contributed by atoms with E-state index in [1.807, 2.05) is 13.8 Å². The standard InChI is InChI=1S/C12H10F3NOS.C2H6/c1-7-10(6-17)18-11(16-7)8-2-4-9(5-3-8)12(13,14)15;1-2/h2-5,17H,6H2,1H3;1-2H3. The first-order valence-electron chi connectivity index (χ1n) is 6.16. The zero-order chi connectivity index (χ0) is 15.3. The van der Waals surface area contributed by atoms with Crippen LogP contribution in [0.15, 0.2) is 24.3 Å². The predicted octanol–water partition coefficient (Wildman–Crippen LogP) is 4.66. The van der Waals surface area contributed by atoms with Gasteiger partial charge in [0.2, 0.25) is 0 Å². The molecule has 6 heteroatoms. The van der Waals surface area contributed by atoms with Gasteiger partial charge < -0.3 is 5.11 Å². The van der Waals surface area contributed by atoms with Gasteiger partial charge in [0.05, 0.1) is 22.7 Å². The minimum absolute atomic E-state index is 0.107. The minimum Gasteiger partial charge on any atom is -0.391 e. The normalized spacial score (nSPS) is 10.9. The van der Waals surface area contributed by atoms with Crippen molar-refractivity contribution in [2.45, 2.75) is 33.6 Å². The van der Waals surface area contributed by atoms with E-state index in [2.05, 4.69) is 4.98 Å². The molecule has 1 aromatic heterocycles. The number of aromatic nitrogens is 1. The summed E-state index contributed by atoms with van der Waals surface area (Å²) in [5.41, 5.74) is 0.648. The van der Waals surface area contributed by atoms with Crippen molar-refractivity contribution >= 4 is 11.3 Å². The van der Waals surface area contributed by atoms with Gasteiger partial charge in [-0.1, -0.05) is 26.0 Å². The van der Waals surface area contributed by atoms with Crippen LogP contribution in [0.2, 0.25) is 0 Å². The molecule has 2 aromatic rings. The number of halogens is 3. The van der Waals surface area contributed by atoms with Crippen molar-refractivity contribution in [3.8, 4) is 10.6 Å². The van der Waals surface area contributed by atoms with Crippen LogP contribution in [0, 0.1) is 6.92 Å². The molecule has 0 bridgehead atoms. The van der Waals surface area contributed by atoms with Gasteiger partial charge >= 0.3 is 6.18 Å². The number of rotatable bonds is 2. The summed E-state index contributed by atoms with van der Waals surface area (Å²) in [6.07, 6.45) is -4.33. The van der Waals surface area contributed by atoms with Gasteiger partial charge in [-0.2, -0.15) is 13.2 Å². The number of nitrogens with zero attached hydrogens (tertiary/aromatic N) is 1. The monoisotopic (exact) mass is 303 g/mol. The van der Waals surface area contributed by atoms with Gasteiger partial charge in [-0.25, -0.2) is 4.98 Å². The summed E-state index contributed by atoms with van der Waals surface area (Å²) >= 11 is 1.28. The molecule has 20 heavy (non-hydrogen) atoms. The summed E-state index contributed by atoms with van der Waals surface area (Å²) in [5, 5.41) is 9.67. The molecule has 1 aromatic carbocycles. The van der Waals surface area contributed by atoms with Crippen LogP contribution in [0.1, 0.15) is 30.0 Å². The van der Waals surface area contributed by atoms with Crippen molar-refractivity contribution in [2.75, 3.05) is 0 Å². The number of aliphatic hydroxyl groups is 1. The lowest BCUT2D eigenvalue weighted by Crippen LogP contribution is -2.03. The predicted molar refractivity (Wildman–Crippen MR) is 74.6 cm³/mol.